The van der Waals surface area contributed by atoms with Crippen molar-refractivity contribution in [2.45, 2.75) is 0 Å². The molecule has 0 atom stereocenters. The molecule has 9 heteroatoms. The van der Waals surface area contributed by atoms with E-state index in [0.717, 1.165) is 11.1 Å². The van der Waals surface area contributed by atoms with Crippen LogP contribution >= 0.6 is 11.6 Å². The molecule has 0 saturated carbocycles. The monoisotopic (exact) mass is 470 g/mol. The van der Waals surface area contributed by atoms with Crippen LogP contribution in [0.1, 0.15) is 10.4 Å². The van der Waals surface area contributed by atoms with Crippen LogP contribution in [0, 0.1) is 5.82 Å². The Bertz CT molecular complexity index is 1170. The average Bonchev–Trinajstić information content (AvgIpc) is 2.80. The highest BCUT2D eigenvalue weighted by molar-refractivity contribution is 6.31. The number of methoxy groups -OCH3 is 1. The second-order valence-corrected chi connectivity index (χ2v) is 7.29. The van der Waals surface area contributed by atoms with E-state index in [-0.39, 0.29) is 23.7 Å². The summed E-state index contributed by atoms with van der Waals surface area (Å²) in [7, 11) is 1.21. The first-order chi connectivity index (χ1) is 15.9. The van der Waals surface area contributed by atoms with Crippen LogP contribution in [0.15, 0.2) is 66.7 Å². The first-order valence-electron chi connectivity index (χ1n) is 9.77. The number of benzene rings is 3. The first kappa shape index (κ1) is 23.9. The molecule has 0 unspecified atom stereocenters. The molecule has 7 nitrogen and oxygen atoms in total. The Morgan fingerprint density at radius 3 is 2.27 bits per heavy atom. The lowest BCUT2D eigenvalue weighted by Crippen LogP contribution is -2.24. The molecule has 3 rings (SSSR count). The van der Waals surface area contributed by atoms with Crippen LogP contribution in [0.3, 0.4) is 0 Å². The lowest BCUT2D eigenvalue weighted by atomic mass is 10.1. The molecule has 33 heavy (non-hydrogen) atoms. The van der Waals surface area contributed by atoms with Gasteiger partial charge in [-0.2, -0.15) is 0 Å². The summed E-state index contributed by atoms with van der Waals surface area (Å²) >= 11 is 5.89. The Hall–Kier alpha value is -3.75. The van der Waals surface area contributed by atoms with Gasteiger partial charge in [-0.05, 0) is 53.6 Å². The summed E-state index contributed by atoms with van der Waals surface area (Å²) in [6.45, 7) is -0.773. The summed E-state index contributed by atoms with van der Waals surface area (Å²) in [5, 5.41) is 5.51. The molecule has 0 fully saturated rings. The predicted octanol–water partition coefficient (Wildman–Crippen LogP) is 4.53. The van der Waals surface area contributed by atoms with Crippen molar-refractivity contribution in [3.8, 4) is 11.1 Å². The summed E-state index contributed by atoms with van der Waals surface area (Å²) in [6, 6.07) is 17.4. The SMILES string of the molecule is COC(=O)c1cc(Cl)ccc1NC(=O)COCC(=O)Nc1cccc(-c2ccc(F)cc2)c1. The number of nitrogens with one attached hydrogen (secondary N) is 2. The molecule has 2 amide bonds. The Kier molecular flexibility index (Phi) is 8.12. The lowest BCUT2D eigenvalue weighted by molar-refractivity contribution is -0.125. The normalized spacial score (nSPS) is 10.4. The quantitative estimate of drug-likeness (QED) is 0.472. The van der Waals surface area contributed by atoms with E-state index in [2.05, 4.69) is 15.4 Å². The highest BCUT2D eigenvalue weighted by Gasteiger charge is 2.15. The summed E-state index contributed by atoms with van der Waals surface area (Å²) < 4.78 is 23.0. The maximum atomic E-state index is 13.1. The van der Waals surface area contributed by atoms with E-state index in [1.54, 1.807) is 30.3 Å². The molecule has 3 aromatic carbocycles. The van der Waals surface area contributed by atoms with Crippen molar-refractivity contribution in [1.29, 1.82) is 0 Å². The minimum Gasteiger partial charge on any atom is -0.465 e. The Labute approximate surface area is 194 Å². The van der Waals surface area contributed by atoms with Crippen molar-refractivity contribution in [2.75, 3.05) is 31.0 Å². The fourth-order valence-electron chi connectivity index (χ4n) is 2.94. The van der Waals surface area contributed by atoms with Gasteiger partial charge in [0, 0.05) is 10.7 Å². The number of halogens is 2. The first-order valence-corrected chi connectivity index (χ1v) is 10.1. The highest BCUT2D eigenvalue weighted by Crippen LogP contribution is 2.23. The molecule has 0 spiro atoms. The zero-order valence-corrected chi connectivity index (χ0v) is 18.3. The van der Waals surface area contributed by atoms with Crippen LogP contribution in [0.4, 0.5) is 15.8 Å². The molecule has 0 saturated heterocycles. The third-order valence-electron chi connectivity index (χ3n) is 4.45. The van der Waals surface area contributed by atoms with Gasteiger partial charge in [-0.25, -0.2) is 9.18 Å². The van der Waals surface area contributed by atoms with E-state index in [0.29, 0.717) is 10.7 Å². The summed E-state index contributed by atoms with van der Waals surface area (Å²) in [6.07, 6.45) is 0. The summed E-state index contributed by atoms with van der Waals surface area (Å²) in [4.78, 5) is 36.2. The van der Waals surface area contributed by atoms with E-state index in [1.807, 2.05) is 6.07 Å². The Morgan fingerprint density at radius 2 is 1.58 bits per heavy atom. The fourth-order valence-corrected chi connectivity index (χ4v) is 3.12. The number of amides is 2. The van der Waals surface area contributed by atoms with E-state index in [4.69, 9.17) is 16.3 Å². The van der Waals surface area contributed by atoms with Crippen LogP contribution in [-0.2, 0) is 19.1 Å². The maximum absolute atomic E-state index is 13.1. The maximum Gasteiger partial charge on any atom is 0.340 e. The van der Waals surface area contributed by atoms with Gasteiger partial charge in [-0.1, -0.05) is 35.9 Å². The number of ether oxygens (including phenoxy) is 2. The van der Waals surface area contributed by atoms with E-state index in [9.17, 15) is 18.8 Å². The topological polar surface area (TPSA) is 93.7 Å². The van der Waals surface area contributed by atoms with Crippen molar-refractivity contribution in [2.24, 2.45) is 0 Å². The summed E-state index contributed by atoms with van der Waals surface area (Å²) in [5.41, 5.74) is 2.43. The number of esters is 1. The third kappa shape index (κ3) is 6.86. The van der Waals surface area contributed by atoms with Crippen LogP contribution in [0.25, 0.3) is 11.1 Å². The number of carbonyl (C=O) groups excluding carboxylic acids is 3. The number of rotatable bonds is 8. The molecule has 0 bridgehead atoms. The summed E-state index contributed by atoms with van der Waals surface area (Å²) in [5.74, 6) is -2.01. The molecule has 0 aliphatic carbocycles. The van der Waals surface area contributed by atoms with Crippen molar-refractivity contribution in [3.63, 3.8) is 0 Å². The van der Waals surface area contributed by atoms with Gasteiger partial charge in [0.25, 0.3) is 0 Å². The zero-order valence-electron chi connectivity index (χ0n) is 17.6. The standard InChI is InChI=1S/C24H20ClFN2O5/c1-32-24(31)20-12-17(25)7-10-21(20)28-23(30)14-33-13-22(29)27-19-4-2-3-16(11-19)15-5-8-18(26)9-6-15/h2-12H,13-14H2,1H3,(H,27,29)(H,28,30). The van der Waals surface area contributed by atoms with Crippen LogP contribution in [-0.4, -0.2) is 38.1 Å². The molecule has 2 N–H and O–H groups in total. The van der Waals surface area contributed by atoms with E-state index in [1.165, 1.54) is 37.4 Å². The number of anilines is 2. The molecule has 0 aliphatic heterocycles. The third-order valence-corrected chi connectivity index (χ3v) is 4.69. The smallest absolute Gasteiger partial charge is 0.340 e. The van der Waals surface area contributed by atoms with Gasteiger partial charge in [-0.3, -0.25) is 9.59 Å². The van der Waals surface area contributed by atoms with E-state index < -0.39 is 24.4 Å². The van der Waals surface area contributed by atoms with Crippen molar-refractivity contribution in [1.82, 2.24) is 0 Å². The lowest BCUT2D eigenvalue weighted by Gasteiger charge is -2.11. The Balaban J connectivity index is 1.51. The molecule has 3 aromatic rings. The minimum atomic E-state index is -0.657. The van der Waals surface area contributed by atoms with Crippen molar-refractivity contribution < 1.29 is 28.2 Å². The second-order valence-electron chi connectivity index (χ2n) is 6.86. The van der Waals surface area contributed by atoms with Crippen LogP contribution in [0.2, 0.25) is 5.02 Å². The van der Waals surface area contributed by atoms with Crippen molar-refractivity contribution >= 4 is 40.8 Å². The Morgan fingerprint density at radius 1 is 0.879 bits per heavy atom. The van der Waals surface area contributed by atoms with Gasteiger partial charge in [0.2, 0.25) is 11.8 Å². The number of hydrogen-bond acceptors (Lipinski definition) is 5. The average molecular weight is 471 g/mol. The number of carbonyl (C=O) groups is 3. The highest BCUT2D eigenvalue weighted by atomic mass is 35.5. The second kappa shape index (κ2) is 11.2. The molecule has 170 valence electrons. The molecular formula is C24H20ClFN2O5. The van der Waals surface area contributed by atoms with Crippen molar-refractivity contribution in [3.05, 3.63) is 83.1 Å². The molecule has 0 radical (unpaired) electrons. The van der Waals surface area contributed by atoms with Crippen LogP contribution < -0.4 is 10.6 Å². The van der Waals surface area contributed by atoms with Gasteiger partial charge >= 0.3 is 5.97 Å². The van der Waals surface area contributed by atoms with E-state index >= 15 is 0 Å². The fraction of sp³-hybridized carbons (Fsp3) is 0.125. The number of hydrogen-bond donors (Lipinski definition) is 2. The molecule has 0 aliphatic rings. The van der Waals surface area contributed by atoms with Gasteiger partial charge in [0.05, 0.1) is 18.4 Å². The zero-order chi connectivity index (χ0) is 23.8. The minimum absolute atomic E-state index is 0.0946. The molecular weight excluding hydrogens is 451 g/mol. The largest absolute Gasteiger partial charge is 0.465 e. The van der Waals surface area contributed by atoms with Gasteiger partial charge in [-0.15, -0.1) is 0 Å². The predicted molar refractivity (Wildman–Crippen MR) is 123 cm³/mol. The molecule has 0 heterocycles. The van der Waals surface area contributed by atoms with Gasteiger partial charge < -0.3 is 20.1 Å². The van der Waals surface area contributed by atoms with Gasteiger partial charge in [0.1, 0.15) is 19.0 Å². The van der Waals surface area contributed by atoms with Gasteiger partial charge in [0.15, 0.2) is 0 Å². The molecule has 0 aromatic heterocycles. The van der Waals surface area contributed by atoms with Crippen LogP contribution in [0.5, 0.6) is 0 Å².